The molecule has 1 aromatic carbocycles. The molecule has 0 spiro atoms. The Hall–Kier alpha value is -2.16. The Balaban J connectivity index is 1.53. The lowest BCUT2D eigenvalue weighted by Gasteiger charge is -2.27. The first-order valence-electron chi connectivity index (χ1n) is 11.3. The van der Waals surface area contributed by atoms with Crippen LogP contribution in [0.3, 0.4) is 0 Å². The second-order valence-corrected chi connectivity index (χ2v) is 8.67. The molecule has 1 amide bonds. The average Bonchev–Trinajstić information content (AvgIpc) is 3.11. The zero-order chi connectivity index (χ0) is 22.1. The van der Waals surface area contributed by atoms with Crippen LogP contribution in [-0.4, -0.2) is 105 Å². The molecule has 172 valence electrons. The summed E-state index contributed by atoms with van der Waals surface area (Å²) in [7, 11) is 3.52. The van der Waals surface area contributed by atoms with Gasteiger partial charge < -0.3 is 20.3 Å². The largest absolute Gasteiger partial charge is 0.379 e. The van der Waals surface area contributed by atoms with E-state index in [2.05, 4.69) is 62.7 Å². The number of likely N-dealkylation sites (tertiary alicyclic amines) is 1. The van der Waals surface area contributed by atoms with E-state index in [0.717, 1.165) is 64.9 Å². The van der Waals surface area contributed by atoms with Crippen molar-refractivity contribution in [3.05, 3.63) is 35.9 Å². The van der Waals surface area contributed by atoms with Crippen LogP contribution in [0.15, 0.2) is 35.3 Å². The number of morpholine rings is 1. The molecule has 0 saturated carbocycles. The summed E-state index contributed by atoms with van der Waals surface area (Å²) >= 11 is 0. The van der Waals surface area contributed by atoms with Crippen molar-refractivity contribution in [1.82, 2.24) is 25.3 Å². The number of guanidine groups is 1. The second-order valence-electron chi connectivity index (χ2n) is 8.67. The van der Waals surface area contributed by atoms with Gasteiger partial charge in [-0.1, -0.05) is 30.3 Å². The summed E-state index contributed by atoms with van der Waals surface area (Å²) in [6.07, 6.45) is 1.05. The maximum atomic E-state index is 12.0. The summed E-state index contributed by atoms with van der Waals surface area (Å²) in [6.45, 7) is 9.60. The molecule has 2 heterocycles. The average molecular weight is 431 g/mol. The number of nitrogens with one attached hydrogen (secondary N) is 2. The number of hydrogen-bond acceptors (Lipinski definition) is 5. The van der Waals surface area contributed by atoms with Crippen LogP contribution in [0.2, 0.25) is 0 Å². The number of ether oxygens (including phenoxy) is 1. The van der Waals surface area contributed by atoms with Crippen LogP contribution < -0.4 is 10.6 Å². The fourth-order valence-corrected chi connectivity index (χ4v) is 4.03. The second kappa shape index (κ2) is 12.0. The Labute approximate surface area is 186 Å². The van der Waals surface area contributed by atoms with Crippen molar-refractivity contribution in [1.29, 1.82) is 0 Å². The minimum absolute atomic E-state index is 0.000210. The van der Waals surface area contributed by atoms with E-state index in [1.54, 1.807) is 19.0 Å². The molecule has 2 N–H and O–H groups in total. The number of aliphatic imine (C=N–C) groups is 1. The van der Waals surface area contributed by atoms with E-state index in [0.29, 0.717) is 12.1 Å². The number of benzene rings is 1. The van der Waals surface area contributed by atoms with Crippen LogP contribution in [0, 0.1) is 0 Å². The third-order valence-electron chi connectivity index (χ3n) is 5.97. The first kappa shape index (κ1) is 23.5. The van der Waals surface area contributed by atoms with Gasteiger partial charge in [0, 0.05) is 65.4 Å². The summed E-state index contributed by atoms with van der Waals surface area (Å²) in [5.74, 6) is 0.724. The highest BCUT2D eigenvalue weighted by Gasteiger charge is 2.29. The predicted molar refractivity (Wildman–Crippen MR) is 124 cm³/mol. The maximum absolute atomic E-state index is 12.0. The van der Waals surface area contributed by atoms with Gasteiger partial charge in [0.15, 0.2) is 5.96 Å². The highest BCUT2D eigenvalue weighted by Crippen LogP contribution is 2.20. The van der Waals surface area contributed by atoms with Crippen LogP contribution in [0.5, 0.6) is 0 Å². The van der Waals surface area contributed by atoms with Crippen molar-refractivity contribution >= 4 is 11.9 Å². The molecule has 0 radical (unpaired) electrons. The topological polar surface area (TPSA) is 72.4 Å². The van der Waals surface area contributed by atoms with Gasteiger partial charge in [-0.15, -0.1) is 0 Å². The molecular weight excluding hydrogens is 392 g/mol. The Morgan fingerprint density at radius 3 is 2.68 bits per heavy atom. The molecular formula is C23H38N6O2. The molecule has 2 atom stereocenters. The Bertz CT molecular complexity index is 705. The van der Waals surface area contributed by atoms with Gasteiger partial charge in [0.1, 0.15) is 6.54 Å². The van der Waals surface area contributed by atoms with Crippen molar-refractivity contribution < 1.29 is 9.53 Å². The molecule has 0 aliphatic carbocycles. The number of rotatable bonds is 8. The molecule has 0 aromatic heterocycles. The van der Waals surface area contributed by atoms with Gasteiger partial charge in [-0.2, -0.15) is 0 Å². The summed E-state index contributed by atoms with van der Waals surface area (Å²) < 4.78 is 5.42. The number of carbonyl (C=O) groups excluding carboxylic acids is 1. The van der Waals surface area contributed by atoms with E-state index in [4.69, 9.17) is 4.74 Å². The number of hydrogen-bond donors (Lipinski definition) is 2. The molecule has 1 aromatic rings. The predicted octanol–water partition coefficient (Wildman–Crippen LogP) is 0.605. The van der Waals surface area contributed by atoms with Crippen molar-refractivity contribution in [2.24, 2.45) is 4.99 Å². The van der Waals surface area contributed by atoms with E-state index in [-0.39, 0.29) is 12.5 Å². The standard InChI is InChI=1S/C23H38N6O2/c1-19-15-21(18-29(19)17-20-7-5-4-6-8-20)26-23(25-16-22(30)27(2)3)24-9-10-28-11-13-31-14-12-28/h4-8,19,21H,9-18H2,1-3H3,(H2,24,25,26). The number of likely N-dealkylation sites (N-methyl/N-ethyl adjacent to an activating group) is 1. The molecule has 31 heavy (non-hydrogen) atoms. The Morgan fingerprint density at radius 1 is 1.23 bits per heavy atom. The third kappa shape index (κ3) is 7.79. The van der Waals surface area contributed by atoms with E-state index in [1.807, 2.05) is 0 Å². The van der Waals surface area contributed by atoms with Gasteiger partial charge in [-0.25, -0.2) is 4.99 Å². The van der Waals surface area contributed by atoms with Gasteiger partial charge in [0.2, 0.25) is 5.91 Å². The molecule has 0 bridgehead atoms. The normalized spacial score (nSPS) is 23.0. The Morgan fingerprint density at radius 2 is 1.97 bits per heavy atom. The summed E-state index contributed by atoms with van der Waals surface area (Å²) in [5.41, 5.74) is 1.34. The van der Waals surface area contributed by atoms with Crippen molar-refractivity contribution in [2.45, 2.75) is 32.0 Å². The van der Waals surface area contributed by atoms with Crippen LogP contribution in [-0.2, 0) is 16.1 Å². The van der Waals surface area contributed by atoms with Gasteiger partial charge in [-0.05, 0) is 18.9 Å². The summed E-state index contributed by atoms with van der Waals surface area (Å²) in [4.78, 5) is 23.1. The molecule has 2 saturated heterocycles. The lowest BCUT2D eigenvalue weighted by Crippen LogP contribution is -2.48. The summed E-state index contributed by atoms with van der Waals surface area (Å²) in [6, 6.07) is 11.4. The fourth-order valence-electron chi connectivity index (χ4n) is 4.03. The summed E-state index contributed by atoms with van der Waals surface area (Å²) in [5, 5.41) is 7.01. The third-order valence-corrected chi connectivity index (χ3v) is 5.97. The molecule has 8 heteroatoms. The highest BCUT2D eigenvalue weighted by atomic mass is 16.5. The van der Waals surface area contributed by atoms with E-state index in [1.165, 1.54) is 5.56 Å². The molecule has 8 nitrogen and oxygen atoms in total. The lowest BCUT2D eigenvalue weighted by molar-refractivity contribution is -0.127. The van der Waals surface area contributed by atoms with Crippen LogP contribution in [0.1, 0.15) is 18.9 Å². The molecule has 3 rings (SSSR count). The van der Waals surface area contributed by atoms with Gasteiger partial charge in [-0.3, -0.25) is 14.6 Å². The highest BCUT2D eigenvalue weighted by molar-refractivity contribution is 5.85. The van der Waals surface area contributed by atoms with Crippen molar-refractivity contribution in [2.75, 3.05) is 66.6 Å². The first-order valence-corrected chi connectivity index (χ1v) is 11.3. The number of carbonyl (C=O) groups is 1. The van der Waals surface area contributed by atoms with Crippen LogP contribution in [0.25, 0.3) is 0 Å². The number of nitrogens with zero attached hydrogens (tertiary/aromatic N) is 4. The lowest BCUT2D eigenvalue weighted by atomic mass is 10.2. The van der Waals surface area contributed by atoms with E-state index in [9.17, 15) is 4.79 Å². The SMILES string of the molecule is CC1CC(NC(=NCC(=O)N(C)C)NCCN2CCOCC2)CN1Cc1ccccc1. The zero-order valence-corrected chi connectivity index (χ0v) is 19.2. The molecule has 2 fully saturated rings. The zero-order valence-electron chi connectivity index (χ0n) is 19.2. The quantitative estimate of drug-likeness (QED) is 0.465. The smallest absolute Gasteiger partial charge is 0.243 e. The monoisotopic (exact) mass is 430 g/mol. The van der Waals surface area contributed by atoms with Crippen molar-refractivity contribution in [3.8, 4) is 0 Å². The van der Waals surface area contributed by atoms with Crippen LogP contribution >= 0.6 is 0 Å². The minimum atomic E-state index is -0.000210. The molecule has 2 aliphatic heterocycles. The fraction of sp³-hybridized carbons (Fsp3) is 0.652. The Kier molecular flexibility index (Phi) is 9.12. The maximum Gasteiger partial charge on any atom is 0.243 e. The van der Waals surface area contributed by atoms with Gasteiger partial charge >= 0.3 is 0 Å². The van der Waals surface area contributed by atoms with Crippen LogP contribution in [0.4, 0.5) is 0 Å². The van der Waals surface area contributed by atoms with Crippen molar-refractivity contribution in [3.63, 3.8) is 0 Å². The first-order chi connectivity index (χ1) is 15.0. The van der Waals surface area contributed by atoms with E-state index >= 15 is 0 Å². The van der Waals surface area contributed by atoms with Gasteiger partial charge in [0.05, 0.1) is 13.2 Å². The van der Waals surface area contributed by atoms with Gasteiger partial charge in [0.25, 0.3) is 0 Å². The number of amides is 1. The van der Waals surface area contributed by atoms with E-state index < -0.39 is 0 Å². The molecule has 2 unspecified atom stereocenters. The molecule has 2 aliphatic rings. The minimum Gasteiger partial charge on any atom is -0.379 e.